The van der Waals surface area contributed by atoms with Crippen LogP contribution in [0, 0.1) is 12.8 Å². The van der Waals surface area contributed by atoms with Crippen LogP contribution >= 0.6 is 11.3 Å². The first-order valence-electron chi connectivity index (χ1n) is 8.88. The molecule has 25 heavy (non-hydrogen) atoms. The highest BCUT2D eigenvalue weighted by molar-refractivity contribution is 7.09. The molecule has 0 saturated carbocycles. The van der Waals surface area contributed by atoms with E-state index in [1.807, 2.05) is 5.51 Å². The van der Waals surface area contributed by atoms with Crippen molar-refractivity contribution in [1.82, 2.24) is 19.9 Å². The molecule has 0 bridgehead atoms. The summed E-state index contributed by atoms with van der Waals surface area (Å²) >= 11 is 1.75. The molecular weight excluding hydrogens is 336 g/mol. The van der Waals surface area contributed by atoms with Crippen molar-refractivity contribution >= 4 is 11.3 Å². The summed E-state index contributed by atoms with van der Waals surface area (Å²) < 4.78 is 11.8. The minimum Gasteiger partial charge on any atom is -0.463 e. The van der Waals surface area contributed by atoms with Crippen LogP contribution in [0.5, 0.6) is 6.01 Å². The van der Waals surface area contributed by atoms with Crippen LogP contribution in [0.1, 0.15) is 29.8 Å². The Labute approximate surface area is 152 Å². The van der Waals surface area contributed by atoms with Gasteiger partial charge in [-0.3, -0.25) is 4.90 Å². The van der Waals surface area contributed by atoms with E-state index < -0.39 is 0 Å². The summed E-state index contributed by atoms with van der Waals surface area (Å²) in [5.74, 6) is 0.657. The summed E-state index contributed by atoms with van der Waals surface area (Å²) in [6.07, 6.45) is 6.70. The molecule has 0 radical (unpaired) electrons. The lowest BCUT2D eigenvalue weighted by Gasteiger charge is -2.53. The van der Waals surface area contributed by atoms with E-state index >= 15 is 0 Å². The predicted molar refractivity (Wildman–Crippen MR) is 95.7 cm³/mol. The van der Waals surface area contributed by atoms with Gasteiger partial charge in [0.05, 0.1) is 23.4 Å². The Morgan fingerprint density at radius 1 is 1.32 bits per heavy atom. The molecule has 0 N–H and O–H groups in total. The molecule has 2 aromatic rings. The number of rotatable bonds is 6. The molecule has 4 heterocycles. The fraction of sp³-hybridized carbons (Fsp3) is 0.611. The van der Waals surface area contributed by atoms with Crippen molar-refractivity contribution in [3.63, 3.8) is 0 Å². The van der Waals surface area contributed by atoms with Crippen LogP contribution in [0.4, 0.5) is 0 Å². The van der Waals surface area contributed by atoms with Crippen molar-refractivity contribution in [3.05, 3.63) is 34.5 Å². The Morgan fingerprint density at radius 3 is 2.92 bits per heavy atom. The number of nitrogens with zero attached hydrogens (tertiary/aromatic N) is 4. The number of ether oxygens (including phenoxy) is 2. The van der Waals surface area contributed by atoms with Crippen LogP contribution in [-0.2, 0) is 11.3 Å². The summed E-state index contributed by atoms with van der Waals surface area (Å²) in [5, 5.41) is 0. The second kappa shape index (κ2) is 7.35. The van der Waals surface area contributed by atoms with Gasteiger partial charge in [0.1, 0.15) is 0 Å². The largest absolute Gasteiger partial charge is 0.463 e. The first-order chi connectivity index (χ1) is 12.2. The lowest BCUT2D eigenvalue weighted by atomic mass is 9.79. The zero-order chi connectivity index (χ0) is 17.1. The topological polar surface area (TPSA) is 60.4 Å². The molecule has 0 aromatic carbocycles. The second-order valence-electron chi connectivity index (χ2n) is 7.06. The number of hydrogen-bond acceptors (Lipinski definition) is 7. The number of thiazole rings is 1. The van der Waals surface area contributed by atoms with Crippen LogP contribution in [0.2, 0.25) is 0 Å². The molecule has 0 aliphatic carbocycles. The summed E-state index contributed by atoms with van der Waals surface area (Å²) in [5.41, 5.74) is 3.16. The van der Waals surface area contributed by atoms with Gasteiger partial charge in [0.25, 0.3) is 0 Å². The molecule has 2 aromatic heterocycles. The maximum atomic E-state index is 6.16. The standard InChI is InChI=1S/C18H24N4O2S/c1-14-16(25-13-21-14)10-22-11-18(12-22)9-15(4-8-24-18)3-7-23-17-19-5-2-6-20-17/h2,5-6,13,15H,3-4,7-12H2,1H3/t15-/m0/s1. The third-order valence-electron chi connectivity index (χ3n) is 5.13. The van der Waals surface area contributed by atoms with Gasteiger partial charge in [-0.05, 0) is 38.2 Å². The summed E-state index contributed by atoms with van der Waals surface area (Å²) in [6.45, 7) is 6.69. The van der Waals surface area contributed by atoms with Crippen molar-refractivity contribution < 1.29 is 9.47 Å². The van der Waals surface area contributed by atoms with Gasteiger partial charge < -0.3 is 9.47 Å². The smallest absolute Gasteiger partial charge is 0.316 e. The van der Waals surface area contributed by atoms with Gasteiger partial charge in [-0.2, -0.15) is 0 Å². The SMILES string of the molecule is Cc1ncsc1CN1CC2(C[C@@H](CCOc3ncccn3)CCO2)C1. The molecule has 1 atom stereocenters. The summed E-state index contributed by atoms with van der Waals surface area (Å²) in [7, 11) is 0. The molecule has 0 amide bonds. The normalized spacial score (nSPS) is 22.7. The quantitative estimate of drug-likeness (QED) is 0.789. The highest BCUT2D eigenvalue weighted by Crippen LogP contribution is 2.39. The molecule has 4 rings (SSSR count). The number of likely N-dealkylation sites (tertiary alicyclic amines) is 1. The van der Waals surface area contributed by atoms with E-state index in [9.17, 15) is 0 Å². The average Bonchev–Trinajstić information content (AvgIpc) is 3.00. The van der Waals surface area contributed by atoms with E-state index in [1.54, 1.807) is 29.8 Å². The minimum atomic E-state index is 0.0603. The molecule has 0 unspecified atom stereocenters. The predicted octanol–water partition coefficient (Wildman–Crippen LogP) is 2.69. The van der Waals surface area contributed by atoms with Crippen molar-refractivity contribution in [1.29, 1.82) is 0 Å². The summed E-state index contributed by atoms with van der Waals surface area (Å²) in [6, 6.07) is 2.27. The second-order valence-corrected chi connectivity index (χ2v) is 8.00. The van der Waals surface area contributed by atoms with E-state index in [4.69, 9.17) is 9.47 Å². The van der Waals surface area contributed by atoms with Crippen molar-refractivity contribution in [2.24, 2.45) is 5.92 Å². The maximum Gasteiger partial charge on any atom is 0.316 e. The zero-order valence-electron chi connectivity index (χ0n) is 14.6. The third-order valence-corrected chi connectivity index (χ3v) is 6.05. The Hall–Kier alpha value is -1.57. The minimum absolute atomic E-state index is 0.0603. The molecule has 2 fully saturated rings. The van der Waals surface area contributed by atoms with Gasteiger partial charge in [-0.25, -0.2) is 15.0 Å². The van der Waals surface area contributed by atoms with Crippen LogP contribution in [0.15, 0.2) is 24.0 Å². The highest BCUT2D eigenvalue weighted by atomic mass is 32.1. The summed E-state index contributed by atoms with van der Waals surface area (Å²) in [4.78, 5) is 16.4. The molecule has 134 valence electrons. The maximum absolute atomic E-state index is 6.16. The van der Waals surface area contributed by atoms with Crippen molar-refractivity contribution in [3.8, 4) is 6.01 Å². The van der Waals surface area contributed by atoms with Gasteiger partial charge in [0.15, 0.2) is 0 Å². The van der Waals surface area contributed by atoms with Crippen LogP contribution in [-0.4, -0.2) is 51.8 Å². The lowest BCUT2D eigenvalue weighted by molar-refractivity contribution is -0.181. The van der Waals surface area contributed by atoms with Gasteiger partial charge in [-0.1, -0.05) is 0 Å². The van der Waals surface area contributed by atoms with Gasteiger partial charge in [0.2, 0.25) is 0 Å². The van der Waals surface area contributed by atoms with Crippen molar-refractivity contribution in [2.75, 3.05) is 26.3 Å². The van der Waals surface area contributed by atoms with Crippen LogP contribution < -0.4 is 4.74 Å². The van der Waals surface area contributed by atoms with Gasteiger partial charge >= 0.3 is 6.01 Å². The van der Waals surface area contributed by atoms with Crippen molar-refractivity contribution in [2.45, 2.75) is 38.3 Å². The van der Waals surface area contributed by atoms with E-state index in [2.05, 4.69) is 26.8 Å². The highest BCUT2D eigenvalue weighted by Gasteiger charge is 2.47. The van der Waals surface area contributed by atoms with E-state index in [0.717, 1.165) is 51.2 Å². The molecule has 2 aliphatic rings. The van der Waals surface area contributed by atoms with E-state index in [-0.39, 0.29) is 5.60 Å². The Bertz CT molecular complexity index is 687. The number of aryl methyl sites for hydroxylation is 1. The molecular formula is C18H24N4O2S. The van der Waals surface area contributed by atoms with Gasteiger partial charge in [0, 0.05) is 43.5 Å². The molecule has 1 spiro atoms. The fourth-order valence-electron chi connectivity index (χ4n) is 3.83. The molecule has 7 heteroatoms. The first-order valence-corrected chi connectivity index (χ1v) is 9.75. The Kier molecular flexibility index (Phi) is 4.96. The average molecular weight is 360 g/mol. The monoisotopic (exact) mass is 360 g/mol. The lowest BCUT2D eigenvalue weighted by Crippen LogP contribution is -2.64. The number of hydrogen-bond donors (Lipinski definition) is 0. The number of aromatic nitrogens is 3. The van der Waals surface area contributed by atoms with Crippen LogP contribution in [0.3, 0.4) is 0 Å². The van der Waals surface area contributed by atoms with Crippen LogP contribution in [0.25, 0.3) is 0 Å². The third kappa shape index (κ3) is 3.99. The van der Waals surface area contributed by atoms with E-state index in [1.165, 1.54) is 4.88 Å². The fourth-order valence-corrected chi connectivity index (χ4v) is 4.65. The van der Waals surface area contributed by atoms with Gasteiger partial charge in [-0.15, -0.1) is 11.3 Å². The first kappa shape index (κ1) is 16.9. The molecule has 6 nitrogen and oxygen atoms in total. The molecule has 2 aliphatic heterocycles. The Morgan fingerprint density at radius 2 is 2.16 bits per heavy atom. The van der Waals surface area contributed by atoms with E-state index in [0.29, 0.717) is 18.5 Å². The Balaban J connectivity index is 1.23. The zero-order valence-corrected chi connectivity index (χ0v) is 15.4. The molecule has 2 saturated heterocycles.